The third-order valence-corrected chi connectivity index (χ3v) is 7.12. The van der Waals surface area contributed by atoms with Crippen molar-refractivity contribution in [1.29, 1.82) is 0 Å². The van der Waals surface area contributed by atoms with Gasteiger partial charge in [0.15, 0.2) is 0 Å². The summed E-state index contributed by atoms with van der Waals surface area (Å²) in [5.41, 5.74) is 5.26. The summed E-state index contributed by atoms with van der Waals surface area (Å²) >= 11 is 0. The van der Waals surface area contributed by atoms with Gasteiger partial charge in [-0.3, -0.25) is 0 Å². The first kappa shape index (κ1) is 32.2. The van der Waals surface area contributed by atoms with Crippen LogP contribution in [0.3, 0.4) is 0 Å². The molecule has 0 aliphatic heterocycles. The molecule has 0 aromatic heterocycles. The Bertz CT molecular complexity index is 719. The molecule has 0 fully saturated rings. The molecule has 2 heteroatoms. The van der Waals surface area contributed by atoms with E-state index in [2.05, 4.69) is 80.0 Å². The van der Waals surface area contributed by atoms with Gasteiger partial charge in [-0.15, -0.1) is 0 Å². The largest absolute Gasteiger partial charge is 0.497 e. The molecule has 3 unspecified atom stereocenters. The zero-order valence-electron chi connectivity index (χ0n) is 23.8. The highest BCUT2D eigenvalue weighted by Gasteiger charge is 2.16. The number of ether oxygens (including phenoxy) is 2. The highest BCUT2D eigenvalue weighted by atomic mass is 16.5. The summed E-state index contributed by atoms with van der Waals surface area (Å²) in [7, 11) is 3.37. The highest BCUT2D eigenvalue weighted by Crippen LogP contribution is 2.30. The van der Waals surface area contributed by atoms with Gasteiger partial charge in [0.2, 0.25) is 0 Å². The van der Waals surface area contributed by atoms with Crippen LogP contribution in [0.25, 0.3) is 0 Å². The maximum atomic E-state index is 5.39. The SMILES string of the molecule is C=C(/C=C(/CCCOC)C(=C)OC)C(=C)/C(=C\C(=C)C(C)CCC(C)C(C)CCC(C)C)CC. The molecule has 34 heavy (non-hydrogen) atoms. The van der Waals surface area contributed by atoms with E-state index in [-0.39, 0.29) is 0 Å². The lowest BCUT2D eigenvalue weighted by Gasteiger charge is -2.23. The Morgan fingerprint density at radius 1 is 0.794 bits per heavy atom. The number of hydrogen-bond acceptors (Lipinski definition) is 2. The molecular formula is C32H54O2. The molecule has 0 saturated carbocycles. The Morgan fingerprint density at radius 2 is 1.38 bits per heavy atom. The minimum absolute atomic E-state index is 0.454. The number of rotatable bonds is 19. The second-order valence-corrected chi connectivity index (χ2v) is 10.4. The fourth-order valence-corrected chi connectivity index (χ4v) is 3.97. The summed E-state index contributed by atoms with van der Waals surface area (Å²) in [4.78, 5) is 0. The summed E-state index contributed by atoms with van der Waals surface area (Å²) in [5, 5.41) is 0. The van der Waals surface area contributed by atoms with Crippen molar-refractivity contribution in [3.63, 3.8) is 0 Å². The van der Waals surface area contributed by atoms with E-state index in [1.165, 1.54) is 36.8 Å². The number of hydrogen-bond donors (Lipinski definition) is 0. The summed E-state index contributed by atoms with van der Waals surface area (Å²) in [6.45, 7) is 31.7. The van der Waals surface area contributed by atoms with Crippen molar-refractivity contribution in [2.24, 2.45) is 23.7 Å². The summed E-state index contributed by atoms with van der Waals surface area (Å²) < 4.78 is 10.6. The molecule has 0 aromatic rings. The van der Waals surface area contributed by atoms with Gasteiger partial charge in [-0.05, 0) is 84.1 Å². The lowest BCUT2D eigenvalue weighted by atomic mass is 9.83. The van der Waals surface area contributed by atoms with Crippen molar-refractivity contribution >= 4 is 0 Å². The molecule has 0 N–H and O–H groups in total. The zero-order valence-corrected chi connectivity index (χ0v) is 23.8. The Morgan fingerprint density at radius 3 is 1.88 bits per heavy atom. The van der Waals surface area contributed by atoms with E-state index in [0.717, 1.165) is 53.7 Å². The molecule has 2 nitrogen and oxygen atoms in total. The fraction of sp³-hybridized carbons (Fsp3) is 0.625. The Hall–Kier alpha value is -1.80. The van der Waals surface area contributed by atoms with Crippen molar-refractivity contribution < 1.29 is 9.47 Å². The molecule has 0 amide bonds. The van der Waals surface area contributed by atoms with Gasteiger partial charge >= 0.3 is 0 Å². The number of allylic oxidation sites excluding steroid dienone is 7. The quantitative estimate of drug-likeness (QED) is 0.106. The van der Waals surface area contributed by atoms with Crippen LogP contribution in [0.1, 0.15) is 86.5 Å². The van der Waals surface area contributed by atoms with E-state index < -0.39 is 0 Å². The molecule has 0 heterocycles. The first-order valence-electron chi connectivity index (χ1n) is 13.2. The van der Waals surface area contributed by atoms with Crippen LogP contribution in [-0.4, -0.2) is 20.8 Å². The van der Waals surface area contributed by atoms with Crippen LogP contribution >= 0.6 is 0 Å². The van der Waals surface area contributed by atoms with E-state index in [1.54, 1.807) is 14.2 Å². The highest BCUT2D eigenvalue weighted by molar-refractivity contribution is 5.52. The van der Waals surface area contributed by atoms with Gasteiger partial charge in [-0.2, -0.15) is 0 Å². The van der Waals surface area contributed by atoms with Gasteiger partial charge in [-0.25, -0.2) is 0 Å². The van der Waals surface area contributed by atoms with Gasteiger partial charge < -0.3 is 9.47 Å². The zero-order chi connectivity index (χ0) is 26.3. The van der Waals surface area contributed by atoms with E-state index in [0.29, 0.717) is 18.3 Å². The van der Waals surface area contributed by atoms with E-state index in [4.69, 9.17) is 9.47 Å². The standard InChI is InChI=1S/C32H54O2/c1-13-31(29(9)28(8)22-32(30(10)34-12)15-14-20-33-11)21-27(7)26(6)19-18-25(5)24(4)17-16-23(2)3/h21-26H,7-10,13-20H2,1-6,11-12H3/b31-21-,32-22-. The smallest absolute Gasteiger partial charge is 0.114 e. The topological polar surface area (TPSA) is 18.5 Å². The van der Waals surface area contributed by atoms with Crippen LogP contribution < -0.4 is 0 Å². The molecule has 0 spiro atoms. The molecule has 0 aromatic carbocycles. The predicted molar refractivity (Wildman–Crippen MR) is 152 cm³/mol. The molecule has 0 radical (unpaired) electrons. The fourth-order valence-electron chi connectivity index (χ4n) is 3.97. The Balaban J connectivity index is 5.17. The average molecular weight is 471 g/mol. The van der Waals surface area contributed by atoms with Crippen LogP contribution in [0.5, 0.6) is 0 Å². The normalized spacial score (nSPS) is 15.1. The maximum Gasteiger partial charge on any atom is 0.114 e. The molecule has 0 bridgehead atoms. The van der Waals surface area contributed by atoms with E-state index in [9.17, 15) is 0 Å². The van der Waals surface area contributed by atoms with E-state index in [1.807, 2.05) is 0 Å². The number of methoxy groups -OCH3 is 2. The molecule has 194 valence electrons. The summed E-state index contributed by atoms with van der Waals surface area (Å²) in [6, 6.07) is 0. The lowest BCUT2D eigenvalue weighted by Crippen LogP contribution is -2.11. The van der Waals surface area contributed by atoms with Crippen LogP contribution in [0.15, 0.2) is 72.1 Å². The average Bonchev–Trinajstić information content (AvgIpc) is 2.81. The summed E-state index contributed by atoms with van der Waals surface area (Å²) in [6.07, 6.45) is 12.0. The van der Waals surface area contributed by atoms with Crippen LogP contribution in [0.4, 0.5) is 0 Å². The minimum Gasteiger partial charge on any atom is -0.497 e. The van der Waals surface area contributed by atoms with Crippen molar-refractivity contribution in [2.45, 2.75) is 86.5 Å². The second-order valence-electron chi connectivity index (χ2n) is 10.4. The monoisotopic (exact) mass is 470 g/mol. The van der Waals surface area contributed by atoms with Crippen molar-refractivity contribution in [3.8, 4) is 0 Å². The van der Waals surface area contributed by atoms with Gasteiger partial charge in [0.25, 0.3) is 0 Å². The Labute approximate surface area is 212 Å². The van der Waals surface area contributed by atoms with Crippen LogP contribution in [0, 0.1) is 23.7 Å². The van der Waals surface area contributed by atoms with Crippen molar-refractivity contribution in [3.05, 3.63) is 72.1 Å². The predicted octanol–water partition coefficient (Wildman–Crippen LogP) is 9.63. The molecule has 3 atom stereocenters. The van der Waals surface area contributed by atoms with Crippen molar-refractivity contribution in [2.75, 3.05) is 20.8 Å². The maximum absolute atomic E-state index is 5.39. The van der Waals surface area contributed by atoms with Crippen LogP contribution in [-0.2, 0) is 9.47 Å². The van der Waals surface area contributed by atoms with Gasteiger partial charge in [0.1, 0.15) is 5.76 Å². The van der Waals surface area contributed by atoms with Gasteiger partial charge in [0.05, 0.1) is 7.11 Å². The van der Waals surface area contributed by atoms with Crippen molar-refractivity contribution in [1.82, 2.24) is 0 Å². The summed E-state index contributed by atoms with van der Waals surface area (Å²) in [5.74, 6) is 3.43. The lowest BCUT2D eigenvalue weighted by molar-refractivity contribution is 0.194. The Kier molecular flexibility index (Phi) is 16.7. The third-order valence-electron chi connectivity index (χ3n) is 7.12. The van der Waals surface area contributed by atoms with Gasteiger partial charge in [-0.1, -0.05) is 92.3 Å². The molecule has 0 aliphatic carbocycles. The first-order valence-corrected chi connectivity index (χ1v) is 13.2. The molecule has 0 rings (SSSR count). The first-order chi connectivity index (χ1) is 16.0. The molecule has 0 saturated heterocycles. The van der Waals surface area contributed by atoms with Crippen LogP contribution in [0.2, 0.25) is 0 Å². The molecule has 0 aliphatic rings. The molecular weight excluding hydrogens is 416 g/mol. The third kappa shape index (κ3) is 12.6. The van der Waals surface area contributed by atoms with Gasteiger partial charge in [0, 0.05) is 13.7 Å². The van der Waals surface area contributed by atoms with E-state index >= 15 is 0 Å². The minimum atomic E-state index is 0.454. The second kappa shape index (κ2) is 17.6.